The second-order valence-corrected chi connectivity index (χ2v) is 5.79. The first-order chi connectivity index (χ1) is 10.2. The highest BCUT2D eigenvalue weighted by molar-refractivity contribution is 5.46. The van der Waals surface area contributed by atoms with Crippen LogP contribution in [0.5, 0.6) is 0 Å². The maximum Gasteiger partial charge on any atom is 0.0555 e. The van der Waals surface area contributed by atoms with Crippen LogP contribution in [-0.2, 0) is 6.42 Å². The normalized spacial score (nSPS) is 22.3. The largest absolute Gasteiger partial charge is 0.365 e. The van der Waals surface area contributed by atoms with Crippen LogP contribution in [-0.4, -0.2) is 28.6 Å². The van der Waals surface area contributed by atoms with E-state index in [9.17, 15) is 0 Å². The van der Waals surface area contributed by atoms with Gasteiger partial charge in [0.2, 0.25) is 0 Å². The van der Waals surface area contributed by atoms with E-state index >= 15 is 0 Å². The van der Waals surface area contributed by atoms with Gasteiger partial charge in [-0.1, -0.05) is 0 Å². The smallest absolute Gasteiger partial charge is 0.0555 e. The quantitative estimate of drug-likeness (QED) is 0.938. The van der Waals surface area contributed by atoms with Gasteiger partial charge in [0.05, 0.1) is 11.9 Å². The van der Waals surface area contributed by atoms with Gasteiger partial charge in [0.1, 0.15) is 0 Å². The number of nitrogens with zero attached hydrogens (tertiary/aromatic N) is 3. The molecule has 2 N–H and O–H groups in total. The summed E-state index contributed by atoms with van der Waals surface area (Å²) < 4.78 is 0. The van der Waals surface area contributed by atoms with E-state index in [1.807, 2.05) is 31.6 Å². The van der Waals surface area contributed by atoms with Crippen molar-refractivity contribution in [2.75, 3.05) is 11.4 Å². The second kappa shape index (κ2) is 6.22. The molecule has 4 heteroatoms. The van der Waals surface area contributed by atoms with Gasteiger partial charge in [-0.05, 0) is 56.0 Å². The van der Waals surface area contributed by atoms with Gasteiger partial charge in [-0.15, -0.1) is 0 Å². The molecule has 21 heavy (non-hydrogen) atoms. The van der Waals surface area contributed by atoms with Crippen LogP contribution in [0.1, 0.15) is 24.1 Å². The first-order valence-electron chi connectivity index (χ1n) is 7.58. The summed E-state index contributed by atoms with van der Waals surface area (Å²) in [6.45, 7) is 3.08. The summed E-state index contributed by atoms with van der Waals surface area (Å²) >= 11 is 0. The van der Waals surface area contributed by atoms with Crippen LogP contribution in [0.3, 0.4) is 0 Å². The molecule has 1 fully saturated rings. The SMILES string of the molecule is Cc1cc(CC2C(N)CCCN2c2cccnc2)ccn1. The van der Waals surface area contributed by atoms with Gasteiger partial charge in [0.25, 0.3) is 0 Å². The van der Waals surface area contributed by atoms with E-state index in [2.05, 4.69) is 33.1 Å². The minimum absolute atomic E-state index is 0.201. The highest BCUT2D eigenvalue weighted by Gasteiger charge is 2.29. The Hall–Kier alpha value is -1.94. The summed E-state index contributed by atoms with van der Waals surface area (Å²) in [6.07, 6.45) is 8.82. The number of anilines is 1. The molecular weight excluding hydrogens is 260 g/mol. The molecule has 2 unspecified atom stereocenters. The Morgan fingerprint density at radius 1 is 1.33 bits per heavy atom. The summed E-state index contributed by atoms with van der Waals surface area (Å²) in [6, 6.07) is 8.88. The molecule has 1 saturated heterocycles. The fourth-order valence-corrected chi connectivity index (χ4v) is 3.17. The van der Waals surface area contributed by atoms with Gasteiger partial charge in [-0.25, -0.2) is 0 Å². The molecule has 2 aromatic heterocycles. The molecule has 0 aliphatic carbocycles. The van der Waals surface area contributed by atoms with Crippen LogP contribution in [0.2, 0.25) is 0 Å². The van der Waals surface area contributed by atoms with Crippen molar-refractivity contribution in [1.29, 1.82) is 0 Å². The van der Waals surface area contributed by atoms with Crippen LogP contribution in [0, 0.1) is 6.92 Å². The van der Waals surface area contributed by atoms with Gasteiger partial charge in [0, 0.05) is 36.7 Å². The van der Waals surface area contributed by atoms with Crippen molar-refractivity contribution in [1.82, 2.24) is 9.97 Å². The fraction of sp³-hybridized carbons (Fsp3) is 0.412. The third-order valence-electron chi connectivity index (χ3n) is 4.21. The van der Waals surface area contributed by atoms with Gasteiger partial charge in [-0.3, -0.25) is 9.97 Å². The number of piperidine rings is 1. The molecule has 3 heterocycles. The van der Waals surface area contributed by atoms with Crippen LogP contribution < -0.4 is 10.6 Å². The molecule has 0 saturated carbocycles. The molecule has 4 nitrogen and oxygen atoms in total. The zero-order valence-corrected chi connectivity index (χ0v) is 12.4. The maximum absolute atomic E-state index is 6.41. The molecule has 2 atom stereocenters. The Kier molecular flexibility index (Phi) is 4.15. The fourth-order valence-electron chi connectivity index (χ4n) is 3.17. The maximum atomic E-state index is 6.41. The van der Waals surface area contributed by atoms with Gasteiger partial charge >= 0.3 is 0 Å². The van der Waals surface area contributed by atoms with Crippen LogP contribution in [0.15, 0.2) is 42.9 Å². The minimum Gasteiger partial charge on any atom is -0.365 e. The van der Waals surface area contributed by atoms with Crippen molar-refractivity contribution in [3.05, 3.63) is 54.1 Å². The van der Waals surface area contributed by atoms with E-state index in [0.717, 1.165) is 31.5 Å². The summed E-state index contributed by atoms with van der Waals surface area (Å²) in [5, 5.41) is 0. The van der Waals surface area contributed by atoms with E-state index < -0.39 is 0 Å². The number of hydrogen-bond acceptors (Lipinski definition) is 4. The lowest BCUT2D eigenvalue weighted by Gasteiger charge is -2.41. The van der Waals surface area contributed by atoms with Crippen LogP contribution >= 0.6 is 0 Å². The van der Waals surface area contributed by atoms with Gasteiger partial charge < -0.3 is 10.6 Å². The predicted octanol–water partition coefficient (Wildman–Crippen LogP) is 2.32. The zero-order valence-electron chi connectivity index (χ0n) is 12.4. The molecule has 0 aromatic carbocycles. The lowest BCUT2D eigenvalue weighted by atomic mass is 9.91. The number of aromatic nitrogens is 2. The van der Waals surface area contributed by atoms with E-state index in [0.29, 0.717) is 6.04 Å². The van der Waals surface area contributed by atoms with Crippen LogP contribution in [0.4, 0.5) is 5.69 Å². The predicted molar refractivity (Wildman–Crippen MR) is 85.3 cm³/mol. The standard InChI is InChI=1S/C17H22N4/c1-13-10-14(6-8-20-13)11-17-16(18)5-3-9-21(17)15-4-2-7-19-12-15/h2,4,6-8,10,12,16-17H,3,5,9,11,18H2,1H3. The third-order valence-corrected chi connectivity index (χ3v) is 4.21. The van der Waals surface area contributed by atoms with Gasteiger partial charge in [-0.2, -0.15) is 0 Å². The molecule has 1 aliphatic rings. The van der Waals surface area contributed by atoms with E-state index in [1.54, 1.807) is 0 Å². The molecular formula is C17H22N4. The Bertz CT molecular complexity index is 584. The second-order valence-electron chi connectivity index (χ2n) is 5.79. The third kappa shape index (κ3) is 3.22. The Morgan fingerprint density at radius 3 is 3.00 bits per heavy atom. The van der Waals surface area contributed by atoms with Crippen molar-refractivity contribution >= 4 is 5.69 Å². The van der Waals surface area contributed by atoms with Gasteiger partial charge in [0.15, 0.2) is 0 Å². The highest BCUT2D eigenvalue weighted by atomic mass is 15.2. The number of pyridine rings is 2. The first-order valence-corrected chi connectivity index (χ1v) is 7.58. The first kappa shape index (κ1) is 14.0. The summed E-state index contributed by atoms with van der Waals surface area (Å²) in [7, 11) is 0. The Balaban J connectivity index is 1.85. The summed E-state index contributed by atoms with van der Waals surface area (Å²) in [4.78, 5) is 10.9. The van der Waals surface area contributed by atoms with E-state index in [1.165, 1.54) is 11.3 Å². The number of aryl methyl sites for hydroxylation is 1. The average Bonchev–Trinajstić information content (AvgIpc) is 2.50. The van der Waals surface area contributed by atoms with Crippen molar-refractivity contribution < 1.29 is 0 Å². The number of hydrogen-bond donors (Lipinski definition) is 1. The minimum atomic E-state index is 0.201. The molecule has 110 valence electrons. The van der Waals surface area contributed by atoms with Crippen molar-refractivity contribution in [3.63, 3.8) is 0 Å². The molecule has 2 aromatic rings. The van der Waals surface area contributed by atoms with E-state index in [-0.39, 0.29) is 6.04 Å². The molecule has 0 amide bonds. The summed E-state index contributed by atoms with van der Waals surface area (Å²) in [5.74, 6) is 0. The molecule has 0 spiro atoms. The monoisotopic (exact) mass is 282 g/mol. The van der Waals surface area contributed by atoms with E-state index in [4.69, 9.17) is 5.73 Å². The van der Waals surface area contributed by atoms with Crippen LogP contribution in [0.25, 0.3) is 0 Å². The topological polar surface area (TPSA) is 55.0 Å². The molecule has 3 rings (SSSR count). The lowest BCUT2D eigenvalue weighted by Crippen LogP contribution is -2.53. The summed E-state index contributed by atoms with van der Waals surface area (Å²) in [5.41, 5.74) is 9.95. The van der Waals surface area contributed by atoms with Crippen molar-refractivity contribution in [3.8, 4) is 0 Å². The highest BCUT2D eigenvalue weighted by Crippen LogP contribution is 2.25. The number of nitrogens with two attached hydrogens (primary N) is 1. The zero-order chi connectivity index (χ0) is 14.7. The Labute approximate surface area is 126 Å². The number of rotatable bonds is 3. The van der Waals surface area contributed by atoms with Crippen molar-refractivity contribution in [2.45, 2.75) is 38.3 Å². The molecule has 1 aliphatic heterocycles. The van der Waals surface area contributed by atoms with Crippen molar-refractivity contribution in [2.24, 2.45) is 5.73 Å². The lowest BCUT2D eigenvalue weighted by molar-refractivity contribution is 0.397. The Morgan fingerprint density at radius 2 is 2.24 bits per heavy atom. The molecule has 0 radical (unpaired) electrons. The average molecular weight is 282 g/mol. The molecule has 0 bridgehead atoms.